The number of thioether (sulfide) groups is 1. The number of amides is 2. The van der Waals surface area contributed by atoms with Crippen molar-refractivity contribution in [3.8, 4) is 17.2 Å². The quantitative estimate of drug-likeness (QED) is 0.112. The number of methoxy groups -OCH3 is 1. The first-order chi connectivity index (χ1) is 19.4. The SMILES string of the molecule is COc1cc(/C=C2\SC(=O)N(CCOc3cc(C)ccc3C)C2=O)cc(Br)c1OS(=O)(=O)c1ccc([N+](=O)[O-])cc1. The highest BCUT2D eigenvalue weighted by Gasteiger charge is 2.35. The normalized spacial score (nSPS) is 14.4. The number of carbonyl (C=O) groups excluding carboxylic acids is 2. The number of nitrogens with zero attached hydrogens (tertiary/aromatic N) is 2. The summed E-state index contributed by atoms with van der Waals surface area (Å²) in [6.07, 6.45) is 1.48. The fourth-order valence-electron chi connectivity index (χ4n) is 3.75. The lowest BCUT2D eigenvalue weighted by Gasteiger charge is -2.15. The summed E-state index contributed by atoms with van der Waals surface area (Å²) in [4.78, 5) is 36.7. The van der Waals surface area contributed by atoms with Crippen molar-refractivity contribution in [1.29, 1.82) is 0 Å². The fraction of sp³-hybridized carbons (Fsp3) is 0.185. The second-order valence-corrected chi connectivity index (χ2v) is 12.2. The number of rotatable bonds is 10. The maximum Gasteiger partial charge on any atom is 0.339 e. The lowest BCUT2D eigenvalue weighted by atomic mass is 10.1. The number of ether oxygens (including phenoxy) is 2. The van der Waals surface area contributed by atoms with E-state index in [9.17, 15) is 28.1 Å². The van der Waals surface area contributed by atoms with Crippen LogP contribution >= 0.6 is 27.7 Å². The van der Waals surface area contributed by atoms with Crippen molar-refractivity contribution in [1.82, 2.24) is 4.90 Å². The Morgan fingerprint density at radius 1 is 1.05 bits per heavy atom. The second kappa shape index (κ2) is 12.3. The van der Waals surface area contributed by atoms with Crippen LogP contribution in [-0.2, 0) is 14.9 Å². The van der Waals surface area contributed by atoms with Crippen molar-refractivity contribution >= 4 is 60.7 Å². The summed E-state index contributed by atoms with van der Waals surface area (Å²) in [6, 6.07) is 13.0. The predicted octanol–water partition coefficient (Wildman–Crippen LogP) is 5.87. The van der Waals surface area contributed by atoms with Crippen LogP contribution < -0.4 is 13.7 Å². The van der Waals surface area contributed by atoms with Gasteiger partial charge >= 0.3 is 10.1 Å². The van der Waals surface area contributed by atoms with Crippen molar-refractivity contribution < 1.29 is 36.6 Å². The number of benzene rings is 3. The summed E-state index contributed by atoms with van der Waals surface area (Å²) in [7, 11) is -3.07. The molecular formula is C27H23BrN2O9S2. The first kappa shape index (κ1) is 30.1. The minimum absolute atomic E-state index is 0.0252. The van der Waals surface area contributed by atoms with Crippen molar-refractivity contribution in [3.05, 3.63) is 90.8 Å². The van der Waals surface area contributed by atoms with E-state index >= 15 is 0 Å². The number of carbonyl (C=O) groups is 2. The Bertz CT molecular complexity index is 1670. The number of imide groups is 1. The van der Waals surface area contributed by atoms with E-state index in [-0.39, 0.29) is 44.6 Å². The molecule has 1 heterocycles. The van der Waals surface area contributed by atoms with Crippen molar-refractivity contribution in [2.24, 2.45) is 0 Å². The molecule has 0 bridgehead atoms. The van der Waals surface area contributed by atoms with Crippen LogP contribution in [0.3, 0.4) is 0 Å². The van der Waals surface area contributed by atoms with Gasteiger partial charge in [-0.05, 0) is 94.6 Å². The lowest BCUT2D eigenvalue weighted by Crippen LogP contribution is -2.32. The van der Waals surface area contributed by atoms with Gasteiger partial charge in [0.25, 0.3) is 16.8 Å². The maximum atomic E-state index is 13.0. The molecule has 11 nitrogen and oxygen atoms in total. The van der Waals surface area contributed by atoms with Gasteiger partial charge in [-0.25, -0.2) is 0 Å². The highest BCUT2D eigenvalue weighted by Crippen LogP contribution is 2.40. The molecule has 3 aromatic carbocycles. The third-order valence-electron chi connectivity index (χ3n) is 5.87. The van der Waals surface area contributed by atoms with Gasteiger partial charge in [0, 0.05) is 12.1 Å². The van der Waals surface area contributed by atoms with E-state index in [2.05, 4.69) is 15.9 Å². The Balaban J connectivity index is 1.50. The Morgan fingerprint density at radius 3 is 2.41 bits per heavy atom. The molecule has 2 amide bonds. The largest absolute Gasteiger partial charge is 0.493 e. The van der Waals surface area contributed by atoms with E-state index < -0.39 is 26.2 Å². The number of halogens is 1. The Labute approximate surface area is 248 Å². The summed E-state index contributed by atoms with van der Waals surface area (Å²) >= 11 is 4.05. The van der Waals surface area contributed by atoms with Crippen LogP contribution in [0.25, 0.3) is 6.08 Å². The topological polar surface area (TPSA) is 142 Å². The third kappa shape index (κ3) is 6.89. The molecule has 0 aliphatic carbocycles. The standard InChI is InChI=1S/C27H23BrN2O9S2/c1-16-4-5-17(2)22(12-16)38-11-10-29-26(31)24(40-27(29)32)15-18-13-21(28)25(23(14-18)37-3)39-41(35,36)20-8-6-19(7-9-20)30(33)34/h4-9,12-15H,10-11H2,1-3H3/b24-15-. The average molecular weight is 664 g/mol. The second-order valence-electron chi connectivity index (χ2n) is 8.77. The minimum Gasteiger partial charge on any atom is -0.493 e. The molecule has 214 valence electrons. The average Bonchev–Trinajstić information content (AvgIpc) is 3.19. The van der Waals surface area contributed by atoms with Crippen molar-refractivity contribution in [3.63, 3.8) is 0 Å². The molecule has 0 saturated carbocycles. The molecule has 0 aromatic heterocycles. The van der Waals surface area contributed by atoms with E-state index in [1.165, 1.54) is 25.3 Å². The van der Waals surface area contributed by atoms with Crippen molar-refractivity contribution in [2.45, 2.75) is 18.7 Å². The molecule has 0 unspecified atom stereocenters. The predicted molar refractivity (Wildman–Crippen MR) is 156 cm³/mol. The minimum atomic E-state index is -4.37. The summed E-state index contributed by atoms with van der Waals surface area (Å²) in [5.41, 5.74) is 2.13. The molecule has 1 saturated heterocycles. The molecule has 0 spiro atoms. The molecule has 41 heavy (non-hydrogen) atoms. The first-order valence-electron chi connectivity index (χ1n) is 11.9. The highest BCUT2D eigenvalue weighted by atomic mass is 79.9. The molecule has 3 aromatic rings. The number of nitro benzene ring substituents is 1. The van der Waals surface area contributed by atoms with Crippen molar-refractivity contribution in [2.75, 3.05) is 20.3 Å². The highest BCUT2D eigenvalue weighted by molar-refractivity contribution is 9.10. The van der Waals surface area contributed by atoms with Crippen LogP contribution in [0.15, 0.2) is 68.9 Å². The molecule has 1 fully saturated rings. The van der Waals surface area contributed by atoms with E-state index in [0.29, 0.717) is 11.3 Å². The summed E-state index contributed by atoms with van der Waals surface area (Å²) < 4.78 is 42.2. The summed E-state index contributed by atoms with van der Waals surface area (Å²) in [5.74, 6) is 0.0556. The molecule has 0 atom stereocenters. The molecular weight excluding hydrogens is 640 g/mol. The van der Waals surface area contributed by atoms with Crippen LogP contribution in [0.1, 0.15) is 16.7 Å². The smallest absolute Gasteiger partial charge is 0.339 e. The first-order valence-corrected chi connectivity index (χ1v) is 14.9. The molecule has 1 aliphatic heterocycles. The number of hydrogen-bond donors (Lipinski definition) is 0. The molecule has 4 rings (SSSR count). The Hall–Kier alpha value is -3.88. The number of non-ortho nitro benzene ring substituents is 1. The van der Waals surface area contributed by atoms with Gasteiger partial charge in [0.1, 0.15) is 17.3 Å². The zero-order chi connectivity index (χ0) is 29.9. The summed E-state index contributed by atoms with van der Waals surface area (Å²) in [6.45, 7) is 4.04. The van der Waals surface area contributed by atoms with E-state index in [1.54, 1.807) is 0 Å². The zero-order valence-electron chi connectivity index (χ0n) is 22.0. The number of aryl methyl sites for hydroxylation is 2. The number of nitro groups is 1. The fourth-order valence-corrected chi connectivity index (χ4v) is 6.22. The Kier molecular flexibility index (Phi) is 9.05. The summed E-state index contributed by atoms with van der Waals surface area (Å²) in [5, 5.41) is 10.4. The van der Waals surface area contributed by atoms with Gasteiger partial charge in [0.05, 0.1) is 28.0 Å². The molecule has 14 heteroatoms. The molecule has 0 N–H and O–H groups in total. The number of hydrogen-bond acceptors (Lipinski definition) is 10. The van der Waals surface area contributed by atoms with Crippen LogP contribution in [0.2, 0.25) is 0 Å². The Morgan fingerprint density at radius 2 is 1.76 bits per heavy atom. The van der Waals surface area contributed by atoms with Gasteiger partial charge in [-0.15, -0.1) is 0 Å². The van der Waals surface area contributed by atoms with E-state index in [0.717, 1.165) is 52.1 Å². The third-order valence-corrected chi connectivity index (χ3v) is 8.60. The van der Waals surface area contributed by atoms with Gasteiger partial charge in [0.15, 0.2) is 11.5 Å². The van der Waals surface area contributed by atoms with E-state index in [4.69, 9.17) is 13.7 Å². The van der Waals surface area contributed by atoms with Crippen LogP contribution in [-0.4, -0.2) is 49.6 Å². The maximum absolute atomic E-state index is 13.0. The molecule has 1 aliphatic rings. The van der Waals surface area contributed by atoms with Crippen LogP contribution in [0, 0.1) is 24.0 Å². The zero-order valence-corrected chi connectivity index (χ0v) is 25.2. The monoisotopic (exact) mass is 662 g/mol. The van der Waals surface area contributed by atoms with Gasteiger partial charge < -0.3 is 13.7 Å². The van der Waals surface area contributed by atoms with Gasteiger partial charge in [-0.1, -0.05) is 12.1 Å². The van der Waals surface area contributed by atoms with E-state index in [1.807, 2.05) is 32.0 Å². The molecule has 0 radical (unpaired) electrons. The lowest BCUT2D eigenvalue weighted by molar-refractivity contribution is -0.384. The van der Waals surface area contributed by atoms with Crippen LogP contribution in [0.4, 0.5) is 10.5 Å². The van der Waals surface area contributed by atoms with Gasteiger partial charge in [-0.3, -0.25) is 24.6 Å². The van der Waals surface area contributed by atoms with Gasteiger partial charge in [0.2, 0.25) is 0 Å². The van der Waals surface area contributed by atoms with Crippen LogP contribution in [0.5, 0.6) is 17.2 Å². The van der Waals surface area contributed by atoms with Gasteiger partial charge in [-0.2, -0.15) is 8.42 Å².